The Labute approximate surface area is 229 Å². The molecule has 2 aromatic heterocycles. The zero-order valence-corrected chi connectivity index (χ0v) is 22.4. The summed E-state index contributed by atoms with van der Waals surface area (Å²) in [5, 5.41) is 10.4. The van der Waals surface area contributed by atoms with Crippen LogP contribution >= 0.6 is 0 Å². The molecule has 0 saturated heterocycles. The fourth-order valence-corrected chi connectivity index (χ4v) is 6.05. The molecule has 2 heterocycles. The number of rotatable bonds is 7. The molecule has 39 heavy (non-hydrogen) atoms. The van der Waals surface area contributed by atoms with Crippen LogP contribution in [0.4, 0.5) is 0 Å². The van der Waals surface area contributed by atoms with E-state index < -0.39 is 5.66 Å². The monoisotopic (exact) mass is 517 g/mol. The Hall–Kier alpha value is -4.00. The number of nitrogens with zero attached hydrogens (tertiary/aromatic N) is 3. The summed E-state index contributed by atoms with van der Waals surface area (Å²) in [5.74, 6) is 0. The smallest absolute Gasteiger partial charge is 0.146 e. The normalized spacial score (nSPS) is 19.4. The lowest BCUT2D eigenvalue weighted by Gasteiger charge is -2.38. The maximum Gasteiger partial charge on any atom is 0.146 e. The lowest BCUT2D eigenvalue weighted by Crippen LogP contribution is -2.51. The topological polar surface area (TPSA) is 81.8 Å². The average molecular weight is 518 g/mol. The van der Waals surface area contributed by atoms with Gasteiger partial charge in [-0.1, -0.05) is 91.0 Å². The highest BCUT2D eigenvalue weighted by Gasteiger charge is 2.35. The van der Waals surface area contributed by atoms with Gasteiger partial charge in [0, 0.05) is 19.2 Å². The number of nitrogens with one attached hydrogen (secondary N) is 1. The van der Waals surface area contributed by atoms with Crippen molar-refractivity contribution in [3.05, 3.63) is 108 Å². The number of aromatic nitrogens is 3. The number of fused-ring (bicyclic) bond motifs is 1. The molecule has 5 aromatic rings. The van der Waals surface area contributed by atoms with Crippen LogP contribution in [-0.4, -0.2) is 27.3 Å². The molecular weight excluding hydrogens is 482 g/mol. The van der Waals surface area contributed by atoms with Crippen molar-refractivity contribution in [3.63, 3.8) is 0 Å². The molecule has 6 heteroatoms. The number of methoxy groups -OCH3 is 1. The summed E-state index contributed by atoms with van der Waals surface area (Å²) in [7, 11) is 1.76. The molecule has 0 atom stereocenters. The molecule has 0 amide bonds. The van der Waals surface area contributed by atoms with E-state index in [4.69, 9.17) is 15.5 Å². The van der Waals surface area contributed by atoms with E-state index in [9.17, 15) is 5.41 Å². The zero-order valence-electron chi connectivity index (χ0n) is 22.4. The van der Waals surface area contributed by atoms with Crippen molar-refractivity contribution in [2.24, 2.45) is 5.73 Å². The van der Waals surface area contributed by atoms with Gasteiger partial charge in [-0.3, -0.25) is 9.98 Å². The minimum Gasteiger partial charge on any atom is -0.381 e. The van der Waals surface area contributed by atoms with Gasteiger partial charge in [-0.05, 0) is 48.8 Å². The van der Waals surface area contributed by atoms with E-state index in [0.29, 0.717) is 5.49 Å². The van der Waals surface area contributed by atoms with Crippen LogP contribution in [0.15, 0.2) is 97.3 Å². The van der Waals surface area contributed by atoms with Crippen molar-refractivity contribution in [2.45, 2.75) is 50.4 Å². The Balaban J connectivity index is 1.60. The molecule has 0 radical (unpaired) electrons. The highest BCUT2D eigenvalue weighted by Crippen LogP contribution is 2.40. The number of aryl methyl sites for hydroxylation is 2. The van der Waals surface area contributed by atoms with Crippen molar-refractivity contribution >= 4 is 11.0 Å². The molecule has 198 valence electrons. The van der Waals surface area contributed by atoms with Gasteiger partial charge in [-0.2, -0.15) is 0 Å². The molecule has 0 spiro atoms. The summed E-state index contributed by atoms with van der Waals surface area (Å²) in [5.41, 5.74) is 13.1. The molecule has 3 aromatic carbocycles. The third-order valence-electron chi connectivity index (χ3n) is 8.20. The van der Waals surface area contributed by atoms with Gasteiger partial charge in [0.25, 0.3) is 0 Å². The number of benzene rings is 3. The minimum atomic E-state index is -0.666. The Bertz CT molecular complexity index is 1620. The quantitative estimate of drug-likeness (QED) is 0.274. The van der Waals surface area contributed by atoms with Crippen molar-refractivity contribution in [3.8, 4) is 22.4 Å². The van der Waals surface area contributed by atoms with Crippen molar-refractivity contribution in [1.29, 1.82) is 5.41 Å². The standard InChI is InChI=1S/C33H35N5O/c1-39-27-17-20-33(35,21-18-27)38-23-36-32-29(31(38)34)28(25-13-7-3-8-14-25)30(26-15-9-4-10-16-26)37(32)22-19-24-11-5-2-6-12-24/h2-16,23,27,34H,17-22,35H2,1H3/t27-,33-. The van der Waals surface area contributed by atoms with Crippen LogP contribution in [0.25, 0.3) is 33.4 Å². The summed E-state index contributed by atoms with van der Waals surface area (Å²) in [6.07, 6.45) is 6.11. The fourth-order valence-electron chi connectivity index (χ4n) is 6.05. The second-order valence-corrected chi connectivity index (χ2v) is 10.5. The van der Waals surface area contributed by atoms with Crippen LogP contribution in [0.5, 0.6) is 0 Å². The number of nitrogens with two attached hydrogens (primary N) is 1. The van der Waals surface area contributed by atoms with Gasteiger partial charge in [0.15, 0.2) is 0 Å². The molecule has 3 N–H and O–H groups in total. The van der Waals surface area contributed by atoms with Crippen molar-refractivity contribution in [1.82, 2.24) is 14.1 Å². The van der Waals surface area contributed by atoms with Gasteiger partial charge in [0.05, 0.1) is 22.8 Å². The second kappa shape index (κ2) is 10.6. The lowest BCUT2D eigenvalue weighted by atomic mass is 9.87. The maximum absolute atomic E-state index is 9.55. The Morgan fingerprint density at radius 1 is 0.897 bits per heavy atom. The van der Waals surface area contributed by atoms with Crippen LogP contribution < -0.4 is 11.2 Å². The Kier molecular flexibility index (Phi) is 6.90. The number of hydrogen-bond donors (Lipinski definition) is 2. The fraction of sp³-hybridized carbons (Fsp3) is 0.273. The average Bonchev–Trinajstić information content (AvgIpc) is 3.33. The molecule has 6 rings (SSSR count). The van der Waals surface area contributed by atoms with Gasteiger partial charge in [0.1, 0.15) is 17.5 Å². The van der Waals surface area contributed by atoms with Gasteiger partial charge < -0.3 is 15.0 Å². The molecule has 1 aliphatic carbocycles. The van der Waals surface area contributed by atoms with E-state index in [1.54, 1.807) is 13.4 Å². The summed E-state index contributed by atoms with van der Waals surface area (Å²) in [4.78, 5) is 5.04. The first-order valence-corrected chi connectivity index (χ1v) is 13.7. The Morgan fingerprint density at radius 3 is 2.10 bits per heavy atom. The molecule has 6 nitrogen and oxygen atoms in total. The SMILES string of the molecule is CO[C@H]1CC[C@](N)(n2cnc3c(c(-c4ccccc4)c(-c4ccccc4)n3CCc3ccccc3)c2=N)CC1. The van der Waals surface area contributed by atoms with Gasteiger partial charge in [-0.15, -0.1) is 0 Å². The first kappa shape index (κ1) is 25.3. The first-order chi connectivity index (χ1) is 19.1. The second-order valence-electron chi connectivity index (χ2n) is 10.5. The largest absolute Gasteiger partial charge is 0.381 e. The van der Waals surface area contributed by atoms with E-state index in [0.717, 1.165) is 72.1 Å². The lowest BCUT2D eigenvalue weighted by molar-refractivity contribution is 0.0306. The predicted octanol–water partition coefficient (Wildman–Crippen LogP) is 6.09. The molecule has 1 aliphatic rings. The van der Waals surface area contributed by atoms with E-state index in [2.05, 4.69) is 77.4 Å². The molecule has 0 bridgehead atoms. The molecular formula is C33H35N5O. The van der Waals surface area contributed by atoms with E-state index in [1.165, 1.54) is 5.56 Å². The van der Waals surface area contributed by atoms with Crippen LogP contribution in [0.2, 0.25) is 0 Å². The maximum atomic E-state index is 9.55. The predicted molar refractivity (Wildman–Crippen MR) is 156 cm³/mol. The summed E-state index contributed by atoms with van der Waals surface area (Å²) in [6, 6.07) is 31.4. The molecule has 1 saturated carbocycles. The summed E-state index contributed by atoms with van der Waals surface area (Å²) >= 11 is 0. The molecule has 1 fully saturated rings. The highest BCUT2D eigenvalue weighted by atomic mass is 16.5. The number of hydrogen-bond acceptors (Lipinski definition) is 4. The first-order valence-electron chi connectivity index (χ1n) is 13.7. The van der Waals surface area contributed by atoms with E-state index in [1.807, 2.05) is 22.8 Å². The molecule has 0 unspecified atom stereocenters. The van der Waals surface area contributed by atoms with Gasteiger partial charge in [0.2, 0.25) is 0 Å². The third-order valence-corrected chi connectivity index (χ3v) is 8.20. The van der Waals surface area contributed by atoms with E-state index >= 15 is 0 Å². The van der Waals surface area contributed by atoms with Crippen molar-refractivity contribution in [2.75, 3.05) is 7.11 Å². The van der Waals surface area contributed by atoms with Crippen molar-refractivity contribution < 1.29 is 4.74 Å². The van der Waals surface area contributed by atoms with Crippen LogP contribution in [0.1, 0.15) is 31.2 Å². The zero-order chi connectivity index (χ0) is 26.8. The van der Waals surface area contributed by atoms with Gasteiger partial charge in [-0.25, -0.2) is 4.98 Å². The minimum absolute atomic E-state index is 0.219. The van der Waals surface area contributed by atoms with Crippen LogP contribution in [-0.2, 0) is 23.4 Å². The van der Waals surface area contributed by atoms with Crippen LogP contribution in [0, 0.1) is 5.41 Å². The van der Waals surface area contributed by atoms with Gasteiger partial charge >= 0.3 is 0 Å². The Morgan fingerprint density at radius 2 is 1.49 bits per heavy atom. The van der Waals surface area contributed by atoms with Crippen LogP contribution in [0.3, 0.4) is 0 Å². The summed E-state index contributed by atoms with van der Waals surface area (Å²) in [6.45, 7) is 0.747. The van der Waals surface area contributed by atoms with E-state index in [-0.39, 0.29) is 6.10 Å². The summed E-state index contributed by atoms with van der Waals surface area (Å²) < 4.78 is 9.80. The molecule has 0 aliphatic heterocycles. The number of ether oxygens (including phenoxy) is 1. The third kappa shape index (κ3) is 4.71. The highest BCUT2D eigenvalue weighted by molar-refractivity contribution is 6.02.